The molecule has 0 radical (unpaired) electrons. The fourth-order valence-electron chi connectivity index (χ4n) is 3.25. The highest BCUT2D eigenvalue weighted by Crippen LogP contribution is 2.26. The molecule has 1 N–H and O–H groups in total. The van der Waals surface area contributed by atoms with Crippen LogP contribution < -0.4 is 10.2 Å². The van der Waals surface area contributed by atoms with Crippen LogP contribution in [0.15, 0.2) is 18.3 Å². The lowest BCUT2D eigenvalue weighted by Crippen LogP contribution is -2.37. The first-order valence-electron chi connectivity index (χ1n) is 8.22. The largest absolute Gasteiger partial charge is 0.354 e. The average molecular weight is 275 g/mol. The van der Waals surface area contributed by atoms with Crippen molar-refractivity contribution in [3.8, 4) is 0 Å². The molecule has 3 nitrogen and oxygen atoms in total. The number of aromatic nitrogens is 1. The summed E-state index contributed by atoms with van der Waals surface area (Å²) < 4.78 is 0. The Morgan fingerprint density at radius 1 is 1.25 bits per heavy atom. The average Bonchev–Trinajstić information content (AvgIpc) is 2.50. The highest BCUT2D eigenvalue weighted by molar-refractivity contribution is 5.41. The van der Waals surface area contributed by atoms with Gasteiger partial charge in [-0.2, -0.15) is 0 Å². The Kier molecular flexibility index (Phi) is 5.84. The van der Waals surface area contributed by atoms with Crippen LogP contribution in [-0.4, -0.2) is 24.1 Å². The fraction of sp³-hybridized carbons (Fsp3) is 0.706. The summed E-state index contributed by atoms with van der Waals surface area (Å²) in [4.78, 5) is 7.20. The van der Waals surface area contributed by atoms with Crippen molar-refractivity contribution in [2.45, 2.75) is 65.0 Å². The minimum Gasteiger partial charge on any atom is -0.354 e. The molecule has 3 heteroatoms. The summed E-state index contributed by atoms with van der Waals surface area (Å²) in [6.07, 6.45) is 8.83. The summed E-state index contributed by atoms with van der Waals surface area (Å²) in [7, 11) is 0. The molecule has 1 unspecified atom stereocenters. The molecule has 0 spiro atoms. The Bertz CT molecular complexity index is 382. The van der Waals surface area contributed by atoms with Gasteiger partial charge in [-0.25, -0.2) is 4.98 Å². The van der Waals surface area contributed by atoms with Gasteiger partial charge in [0.05, 0.1) is 0 Å². The number of hydrogen-bond acceptors (Lipinski definition) is 3. The molecular weight excluding hydrogens is 246 g/mol. The molecule has 1 aromatic rings. The molecule has 0 amide bonds. The van der Waals surface area contributed by atoms with Gasteiger partial charge in [0.1, 0.15) is 5.82 Å². The second kappa shape index (κ2) is 7.63. The van der Waals surface area contributed by atoms with Crippen LogP contribution in [0.25, 0.3) is 0 Å². The maximum Gasteiger partial charge on any atom is 0.128 e. The van der Waals surface area contributed by atoms with Crippen LogP contribution in [0.5, 0.6) is 0 Å². The quantitative estimate of drug-likeness (QED) is 0.853. The third-order valence-electron chi connectivity index (χ3n) is 4.43. The van der Waals surface area contributed by atoms with E-state index >= 15 is 0 Å². The number of rotatable bonds is 6. The van der Waals surface area contributed by atoms with Crippen LogP contribution in [0.1, 0.15) is 64.5 Å². The zero-order valence-corrected chi connectivity index (χ0v) is 13.2. The lowest BCUT2D eigenvalue weighted by molar-refractivity contribution is 0.416. The van der Waals surface area contributed by atoms with Crippen molar-refractivity contribution in [1.82, 2.24) is 10.3 Å². The lowest BCUT2D eigenvalue weighted by Gasteiger charge is -2.34. The summed E-state index contributed by atoms with van der Waals surface area (Å²) >= 11 is 0. The topological polar surface area (TPSA) is 28.2 Å². The molecule has 0 aromatic carbocycles. The van der Waals surface area contributed by atoms with E-state index in [0.29, 0.717) is 12.1 Å². The van der Waals surface area contributed by atoms with Gasteiger partial charge >= 0.3 is 0 Å². The Balaban J connectivity index is 2.06. The predicted molar refractivity (Wildman–Crippen MR) is 86.2 cm³/mol. The second-order valence-corrected chi connectivity index (χ2v) is 5.81. The van der Waals surface area contributed by atoms with E-state index in [0.717, 1.165) is 18.9 Å². The number of pyridine rings is 1. The van der Waals surface area contributed by atoms with E-state index in [-0.39, 0.29) is 0 Å². The van der Waals surface area contributed by atoms with E-state index in [1.807, 2.05) is 6.20 Å². The van der Waals surface area contributed by atoms with Crippen molar-refractivity contribution in [1.29, 1.82) is 0 Å². The van der Waals surface area contributed by atoms with E-state index in [1.54, 1.807) is 0 Å². The van der Waals surface area contributed by atoms with E-state index in [1.165, 1.54) is 37.7 Å². The molecule has 20 heavy (non-hydrogen) atoms. The number of nitrogens with zero attached hydrogens (tertiary/aromatic N) is 2. The molecule has 0 saturated heterocycles. The van der Waals surface area contributed by atoms with Gasteiger partial charge in [0.15, 0.2) is 0 Å². The molecular formula is C17H29N3. The van der Waals surface area contributed by atoms with Crippen molar-refractivity contribution in [3.05, 3.63) is 23.9 Å². The number of anilines is 1. The highest BCUT2D eigenvalue weighted by Gasteiger charge is 2.21. The Labute approximate surface area is 123 Å². The molecule has 1 atom stereocenters. The molecule has 112 valence electrons. The van der Waals surface area contributed by atoms with Crippen molar-refractivity contribution in [2.24, 2.45) is 0 Å². The Hall–Kier alpha value is -1.09. The summed E-state index contributed by atoms with van der Waals surface area (Å²) in [6, 6.07) is 5.49. The smallest absolute Gasteiger partial charge is 0.128 e. The highest BCUT2D eigenvalue weighted by atomic mass is 15.2. The third kappa shape index (κ3) is 3.72. The first-order valence-corrected chi connectivity index (χ1v) is 8.22. The SMILES string of the molecule is CCNC(C)c1ccc(N(CC)C2CCCCC2)nc1. The zero-order valence-electron chi connectivity index (χ0n) is 13.2. The second-order valence-electron chi connectivity index (χ2n) is 5.81. The van der Waals surface area contributed by atoms with E-state index < -0.39 is 0 Å². The molecule has 0 bridgehead atoms. The van der Waals surface area contributed by atoms with E-state index in [2.05, 4.69) is 43.1 Å². The van der Waals surface area contributed by atoms with Crippen LogP contribution in [0.3, 0.4) is 0 Å². The first-order chi connectivity index (χ1) is 9.76. The number of nitrogens with one attached hydrogen (secondary N) is 1. The summed E-state index contributed by atoms with van der Waals surface area (Å²) in [5, 5.41) is 3.43. The molecule has 1 aliphatic carbocycles. The Morgan fingerprint density at radius 2 is 2.00 bits per heavy atom. The van der Waals surface area contributed by atoms with Gasteiger partial charge in [-0.1, -0.05) is 32.3 Å². The zero-order chi connectivity index (χ0) is 14.4. The number of hydrogen-bond donors (Lipinski definition) is 1. The molecule has 1 heterocycles. The normalized spacial score (nSPS) is 17.9. The van der Waals surface area contributed by atoms with Gasteiger partial charge in [-0.05, 0) is 44.9 Å². The van der Waals surface area contributed by atoms with E-state index in [9.17, 15) is 0 Å². The minimum atomic E-state index is 0.381. The van der Waals surface area contributed by atoms with Crippen LogP contribution >= 0.6 is 0 Å². The van der Waals surface area contributed by atoms with Crippen LogP contribution in [0, 0.1) is 0 Å². The van der Waals surface area contributed by atoms with Crippen LogP contribution in [0.2, 0.25) is 0 Å². The lowest BCUT2D eigenvalue weighted by atomic mass is 9.94. The van der Waals surface area contributed by atoms with E-state index in [4.69, 9.17) is 4.98 Å². The van der Waals surface area contributed by atoms with Gasteiger partial charge in [0, 0.05) is 24.8 Å². The fourth-order valence-corrected chi connectivity index (χ4v) is 3.25. The van der Waals surface area contributed by atoms with Gasteiger partial charge in [-0.15, -0.1) is 0 Å². The molecule has 0 aliphatic heterocycles. The van der Waals surface area contributed by atoms with Gasteiger partial charge in [-0.3, -0.25) is 0 Å². The molecule has 2 rings (SSSR count). The minimum absolute atomic E-state index is 0.381. The summed E-state index contributed by atoms with van der Waals surface area (Å²) in [5.41, 5.74) is 1.27. The monoisotopic (exact) mass is 275 g/mol. The summed E-state index contributed by atoms with van der Waals surface area (Å²) in [6.45, 7) is 8.62. The van der Waals surface area contributed by atoms with Crippen molar-refractivity contribution >= 4 is 5.82 Å². The molecule has 1 fully saturated rings. The predicted octanol–water partition coefficient (Wildman–Crippen LogP) is 3.91. The molecule has 1 aromatic heterocycles. The summed E-state index contributed by atoms with van der Waals surface area (Å²) in [5.74, 6) is 1.15. The van der Waals surface area contributed by atoms with Gasteiger partial charge in [0.25, 0.3) is 0 Å². The first kappa shape index (κ1) is 15.3. The maximum atomic E-state index is 4.71. The Morgan fingerprint density at radius 3 is 2.55 bits per heavy atom. The van der Waals surface area contributed by atoms with Gasteiger partial charge < -0.3 is 10.2 Å². The van der Waals surface area contributed by atoms with Gasteiger partial charge in [0.2, 0.25) is 0 Å². The molecule has 1 saturated carbocycles. The maximum absolute atomic E-state index is 4.71. The van der Waals surface area contributed by atoms with Crippen molar-refractivity contribution in [2.75, 3.05) is 18.0 Å². The standard InChI is InChI=1S/C17H29N3/c1-4-18-14(3)15-11-12-17(19-13-15)20(5-2)16-9-7-6-8-10-16/h11-14,16,18H,4-10H2,1-3H3. The van der Waals surface area contributed by atoms with Crippen LogP contribution in [0.4, 0.5) is 5.82 Å². The third-order valence-corrected chi connectivity index (χ3v) is 4.43. The van der Waals surface area contributed by atoms with Crippen LogP contribution in [-0.2, 0) is 0 Å². The van der Waals surface area contributed by atoms with Crippen molar-refractivity contribution < 1.29 is 0 Å². The molecule has 1 aliphatic rings. The van der Waals surface area contributed by atoms with Crippen molar-refractivity contribution in [3.63, 3.8) is 0 Å².